The summed E-state index contributed by atoms with van der Waals surface area (Å²) < 4.78 is 55.6. The molecule has 2 aromatic rings. The molecule has 3 atom stereocenters. The van der Waals surface area contributed by atoms with Gasteiger partial charge in [0, 0.05) is 36.2 Å². The van der Waals surface area contributed by atoms with Crippen LogP contribution in [-0.2, 0) is 28.8 Å². The Hall–Kier alpha value is -2.46. The number of anilines is 1. The number of aromatic nitrogens is 2. The van der Waals surface area contributed by atoms with Crippen molar-refractivity contribution < 1.29 is 22.3 Å². The molecule has 1 fully saturated rings. The highest BCUT2D eigenvalue weighted by Crippen LogP contribution is 2.45. The van der Waals surface area contributed by atoms with Crippen LogP contribution < -0.4 is 4.90 Å². The Labute approximate surface area is 185 Å². The smallest absolute Gasteiger partial charge is 0.290 e. The van der Waals surface area contributed by atoms with Crippen LogP contribution >= 0.6 is 0 Å². The number of β-amino-alcohol motifs (C(OH)–C–C–N with tert-alkyl or cyclic N) is 1. The van der Waals surface area contributed by atoms with E-state index in [1.165, 1.54) is 6.21 Å². The third-order valence-electron chi connectivity index (χ3n) is 6.69. The fraction of sp³-hybridized carbons (Fsp3) is 0.500. The quantitative estimate of drug-likeness (QED) is 0.702. The van der Waals surface area contributed by atoms with Gasteiger partial charge in [-0.1, -0.05) is 12.1 Å². The van der Waals surface area contributed by atoms with E-state index in [1.807, 2.05) is 25.1 Å². The molecule has 5 rings (SSSR count). The maximum absolute atomic E-state index is 14.6. The van der Waals surface area contributed by atoms with Gasteiger partial charge in [0.15, 0.2) is 0 Å². The van der Waals surface area contributed by atoms with E-state index in [0.29, 0.717) is 17.8 Å². The molecular formula is C22H24F2N4O3S. The molecule has 1 aliphatic heterocycles. The van der Waals surface area contributed by atoms with Crippen LogP contribution in [0, 0.1) is 0 Å². The van der Waals surface area contributed by atoms with Crippen molar-refractivity contribution in [3.63, 3.8) is 0 Å². The zero-order chi connectivity index (χ0) is 22.8. The van der Waals surface area contributed by atoms with Crippen LogP contribution in [-0.4, -0.2) is 54.7 Å². The number of aryl methyl sites for hydroxylation is 1. The average molecular weight is 463 g/mol. The Kier molecular flexibility index (Phi) is 4.86. The van der Waals surface area contributed by atoms with E-state index in [4.69, 9.17) is 0 Å². The van der Waals surface area contributed by atoms with Crippen molar-refractivity contribution in [3.8, 4) is 11.3 Å². The SMILES string of the molecule is C[C@H]1[C@H](O)CN1c1nc(-c2ccc3c(c2)CCC3/C=N\S(C)(=O)=O)c2c(n1)C(F)(F)CC2. The molecule has 3 aliphatic rings. The van der Waals surface area contributed by atoms with Gasteiger partial charge in [0.05, 0.1) is 24.1 Å². The molecule has 1 unspecified atom stereocenters. The molecular weight excluding hydrogens is 438 g/mol. The van der Waals surface area contributed by atoms with Gasteiger partial charge >= 0.3 is 0 Å². The molecule has 0 amide bonds. The topological polar surface area (TPSA) is 95.7 Å². The molecule has 0 spiro atoms. The largest absolute Gasteiger partial charge is 0.389 e. The molecule has 170 valence electrons. The van der Waals surface area contributed by atoms with Gasteiger partial charge < -0.3 is 10.0 Å². The summed E-state index contributed by atoms with van der Waals surface area (Å²) in [5, 5.41) is 9.86. The van der Waals surface area contributed by atoms with Gasteiger partial charge in [0.1, 0.15) is 5.69 Å². The van der Waals surface area contributed by atoms with Crippen LogP contribution in [0.3, 0.4) is 0 Å². The number of rotatable bonds is 4. The molecule has 1 aromatic carbocycles. The number of sulfonamides is 1. The van der Waals surface area contributed by atoms with E-state index in [0.717, 1.165) is 35.8 Å². The first-order valence-corrected chi connectivity index (χ1v) is 12.5. The number of aliphatic hydroxyl groups excluding tert-OH is 1. The second-order valence-electron chi connectivity index (χ2n) is 8.91. The van der Waals surface area contributed by atoms with Crippen molar-refractivity contribution in [1.29, 1.82) is 0 Å². The van der Waals surface area contributed by atoms with Crippen LogP contribution in [0.1, 0.15) is 48.1 Å². The summed E-state index contributed by atoms with van der Waals surface area (Å²) in [5.74, 6) is -2.87. The Morgan fingerprint density at radius 3 is 2.75 bits per heavy atom. The van der Waals surface area contributed by atoms with Crippen molar-refractivity contribution >= 4 is 22.2 Å². The predicted octanol–water partition coefficient (Wildman–Crippen LogP) is 2.81. The van der Waals surface area contributed by atoms with Crippen LogP contribution in [0.15, 0.2) is 22.6 Å². The lowest BCUT2D eigenvalue weighted by Crippen LogP contribution is -2.59. The third-order valence-corrected chi connectivity index (χ3v) is 7.20. The maximum atomic E-state index is 14.6. The van der Waals surface area contributed by atoms with Crippen molar-refractivity contribution in [1.82, 2.24) is 9.97 Å². The highest BCUT2D eigenvalue weighted by atomic mass is 32.2. The van der Waals surface area contributed by atoms with Gasteiger partial charge in [-0.15, -0.1) is 0 Å². The predicted molar refractivity (Wildman–Crippen MR) is 117 cm³/mol. The first-order valence-electron chi connectivity index (χ1n) is 10.7. The number of aliphatic hydroxyl groups is 1. The van der Waals surface area contributed by atoms with Gasteiger partial charge in [-0.05, 0) is 43.4 Å². The second-order valence-corrected chi connectivity index (χ2v) is 10.6. The third kappa shape index (κ3) is 3.59. The maximum Gasteiger partial charge on any atom is 0.290 e. The number of benzene rings is 1. The van der Waals surface area contributed by atoms with Crippen molar-refractivity contribution in [2.24, 2.45) is 4.40 Å². The van der Waals surface area contributed by atoms with E-state index in [9.17, 15) is 22.3 Å². The van der Waals surface area contributed by atoms with Gasteiger partial charge in [0.2, 0.25) is 16.0 Å². The normalized spacial score (nSPS) is 26.3. The first kappa shape index (κ1) is 21.4. The minimum atomic E-state index is -3.44. The Bertz CT molecular complexity index is 1230. The molecule has 32 heavy (non-hydrogen) atoms. The molecule has 0 radical (unpaired) electrons. The summed E-state index contributed by atoms with van der Waals surface area (Å²) in [7, 11) is -3.44. The number of halogens is 2. The number of alkyl halides is 2. The van der Waals surface area contributed by atoms with Gasteiger partial charge in [-0.2, -0.15) is 13.2 Å². The molecule has 2 heterocycles. The van der Waals surface area contributed by atoms with Gasteiger partial charge in [-0.25, -0.2) is 18.4 Å². The minimum Gasteiger partial charge on any atom is -0.389 e. The van der Waals surface area contributed by atoms with Crippen molar-refractivity contribution in [2.45, 2.75) is 56.6 Å². The molecule has 0 bridgehead atoms. The zero-order valence-electron chi connectivity index (χ0n) is 17.8. The highest BCUT2D eigenvalue weighted by molar-refractivity contribution is 7.89. The minimum absolute atomic E-state index is 0.0896. The average Bonchev–Trinajstić information content (AvgIpc) is 3.29. The monoisotopic (exact) mass is 462 g/mol. The standard InChI is InChI=1S/C22H24F2N4O3S/c1-12-18(29)11-28(12)21-26-19(17-7-8-22(23,24)20(17)27-21)14-5-6-16-13(9-14)3-4-15(16)10-25-32(2,30)31/h5-6,9-10,12,15,18,29H,3-4,7-8,11H2,1-2H3/b25-10-/t12-,15?,18+/m0/s1. The summed E-state index contributed by atoms with van der Waals surface area (Å²) in [6.07, 6.45) is 3.40. The molecule has 1 saturated heterocycles. The number of nitrogens with zero attached hydrogens (tertiary/aromatic N) is 4. The summed E-state index contributed by atoms with van der Waals surface area (Å²) >= 11 is 0. The molecule has 2 aliphatic carbocycles. The summed E-state index contributed by atoms with van der Waals surface area (Å²) in [5.41, 5.74) is 3.55. The lowest BCUT2D eigenvalue weighted by Gasteiger charge is -2.43. The van der Waals surface area contributed by atoms with E-state index in [1.54, 1.807) is 4.90 Å². The van der Waals surface area contributed by atoms with E-state index in [2.05, 4.69) is 14.4 Å². The van der Waals surface area contributed by atoms with Crippen LogP contribution in [0.25, 0.3) is 11.3 Å². The lowest BCUT2D eigenvalue weighted by molar-refractivity contribution is -0.00603. The number of hydrogen-bond acceptors (Lipinski definition) is 6. The van der Waals surface area contributed by atoms with Crippen molar-refractivity contribution in [3.05, 3.63) is 40.6 Å². The number of hydrogen-bond donors (Lipinski definition) is 1. The molecule has 7 nitrogen and oxygen atoms in total. The Balaban J connectivity index is 1.56. The summed E-state index contributed by atoms with van der Waals surface area (Å²) in [6, 6.07) is 5.49. The molecule has 0 saturated carbocycles. The molecule has 1 aromatic heterocycles. The van der Waals surface area contributed by atoms with E-state index in [-0.39, 0.29) is 36.4 Å². The van der Waals surface area contributed by atoms with Gasteiger partial charge in [0.25, 0.3) is 5.92 Å². The lowest BCUT2D eigenvalue weighted by atomic mass is 9.97. The summed E-state index contributed by atoms with van der Waals surface area (Å²) in [6.45, 7) is 2.13. The van der Waals surface area contributed by atoms with Crippen LogP contribution in [0.2, 0.25) is 0 Å². The van der Waals surface area contributed by atoms with E-state index >= 15 is 0 Å². The van der Waals surface area contributed by atoms with Gasteiger partial charge in [-0.3, -0.25) is 0 Å². The summed E-state index contributed by atoms with van der Waals surface area (Å²) in [4.78, 5) is 10.6. The molecule has 10 heteroatoms. The van der Waals surface area contributed by atoms with Crippen LogP contribution in [0.4, 0.5) is 14.7 Å². The first-order chi connectivity index (χ1) is 15.0. The van der Waals surface area contributed by atoms with Crippen molar-refractivity contribution in [2.75, 3.05) is 17.7 Å². The van der Waals surface area contributed by atoms with Crippen LogP contribution in [0.5, 0.6) is 0 Å². The van der Waals surface area contributed by atoms with E-state index < -0.39 is 22.0 Å². The molecule has 1 N–H and O–H groups in total. The highest BCUT2D eigenvalue weighted by Gasteiger charge is 2.45. The zero-order valence-corrected chi connectivity index (χ0v) is 18.6. The Morgan fingerprint density at radius 1 is 1.28 bits per heavy atom. The fourth-order valence-electron chi connectivity index (χ4n) is 4.77. The Morgan fingerprint density at radius 2 is 2.06 bits per heavy atom. The number of fused-ring (bicyclic) bond motifs is 2. The second kappa shape index (κ2) is 7.28. The fourth-order valence-corrected chi connectivity index (χ4v) is 5.14.